The average Bonchev–Trinajstić information content (AvgIpc) is 3.58. The highest BCUT2D eigenvalue weighted by Gasteiger charge is 2.31. The normalized spacial score (nSPS) is 19.1. The summed E-state index contributed by atoms with van der Waals surface area (Å²) in [6, 6.07) is 6.86. The van der Waals surface area contributed by atoms with E-state index in [4.69, 9.17) is 10.7 Å². The van der Waals surface area contributed by atoms with Gasteiger partial charge in [-0.15, -0.1) is 0 Å². The molecule has 0 amide bonds. The summed E-state index contributed by atoms with van der Waals surface area (Å²) in [7, 11) is 0. The minimum atomic E-state index is -0.188. The zero-order valence-electron chi connectivity index (χ0n) is 18.2. The first-order chi connectivity index (χ1) is 15.1. The molecule has 1 aromatic rings. The Kier molecular flexibility index (Phi) is 6.70. The SMILES string of the molecule is C/C(=C\NC(N)=C1CC1)C(=NCCC1=CCC=CC=C1)N1CC(c2ccc(F)cc2)C1. The third-order valence-corrected chi connectivity index (χ3v) is 5.94. The minimum Gasteiger partial charge on any atom is -0.385 e. The Morgan fingerprint density at radius 3 is 2.74 bits per heavy atom. The molecule has 0 unspecified atom stereocenters. The van der Waals surface area contributed by atoms with Crippen LogP contribution in [0, 0.1) is 5.82 Å². The number of nitrogens with zero attached hydrogens (tertiary/aromatic N) is 2. The van der Waals surface area contributed by atoms with E-state index in [1.54, 1.807) is 12.1 Å². The van der Waals surface area contributed by atoms with Gasteiger partial charge < -0.3 is 16.0 Å². The lowest BCUT2D eigenvalue weighted by molar-refractivity contribution is 0.252. The van der Waals surface area contributed by atoms with E-state index in [0.29, 0.717) is 5.92 Å². The zero-order valence-corrected chi connectivity index (χ0v) is 18.2. The number of likely N-dealkylation sites (tertiary alicyclic amines) is 1. The summed E-state index contributed by atoms with van der Waals surface area (Å²) < 4.78 is 13.2. The molecule has 1 saturated carbocycles. The second kappa shape index (κ2) is 9.82. The van der Waals surface area contributed by atoms with Gasteiger partial charge in [0.2, 0.25) is 0 Å². The number of hydrogen-bond donors (Lipinski definition) is 2. The van der Waals surface area contributed by atoms with Gasteiger partial charge in [0.05, 0.1) is 5.82 Å². The van der Waals surface area contributed by atoms with Crippen molar-refractivity contribution in [3.05, 3.63) is 94.8 Å². The van der Waals surface area contributed by atoms with Crippen molar-refractivity contribution in [2.75, 3.05) is 19.6 Å². The van der Waals surface area contributed by atoms with Crippen LogP contribution in [0.15, 0.2) is 88.4 Å². The van der Waals surface area contributed by atoms with Crippen molar-refractivity contribution < 1.29 is 4.39 Å². The van der Waals surface area contributed by atoms with Crippen LogP contribution in [0.3, 0.4) is 0 Å². The fourth-order valence-corrected chi connectivity index (χ4v) is 3.86. The third kappa shape index (κ3) is 5.75. The maximum Gasteiger partial charge on any atom is 0.127 e. The highest BCUT2D eigenvalue weighted by atomic mass is 19.1. The summed E-state index contributed by atoms with van der Waals surface area (Å²) in [6.45, 7) is 4.60. The largest absolute Gasteiger partial charge is 0.385 e. The van der Waals surface area contributed by atoms with Crippen molar-refractivity contribution in [2.24, 2.45) is 10.7 Å². The molecule has 1 saturated heterocycles. The van der Waals surface area contributed by atoms with Crippen LogP contribution in [0.25, 0.3) is 0 Å². The van der Waals surface area contributed by atoms with Gasteiger partial charge in [0, 0.05) is 37.3 Å². The van der Waals surface area contributed by atoms with Gasteiger partial charge in [-0.3, -0.25) is 4.99 Å². The molecule has 4 rings (SSSR count). The number of benzene rings is 1. The van der Waals surface area contributed by atoms with Gasteiger partial charge in [-0.1, -0.05) is 42.5 Å². The minimum absolute atomic E-state index is 0.188. The Hall–Kier alpha value is -3.08. The van der Waals surface area contributed by atoms with Crippen molar-refractivity contribution in [2.45, 2.75) is 38.5 Å². The lowest BCUT2D eigenvalue weighted by Gasteiger charge is -2.42. The zero-order chi connectivity index (χ0) is 21.6. The number of halogens is 1. The van der Waals surface area contributed by atoms with Gasteiger partial charge in [-0.2, -0.15) is 0 Å². The molecule has 162 valence electrons. The Bertz CT molecular complexity index is 967. The molecule has 2 aliphatic carbocycles. The number of aliphatic imine (C=N–C) groups is 1. The van der Waals surface area contributed by atoms with Crippen LogP contribution in [0.2, 0.25) is 0 Å². The quantitative estimate of drug-likeness (QED) is 0.488. The first kappa shape index (κ1) is 21.2. The summed E-state index contributed by atoms with van der Waals surface area (Å²) >= 11 is 0. The van der Waals surface area contributed by atoms with Crippen LogP contribution in [-0.4, -0.2) is 30.4 Å². The Labute approximate surface area is 184 Å². The molecule has 1 heterocycles. The number of allylic oxidation sites excluding steroid dienone is 6. The molecule has 5 heteroatoms. The van der Waals surface area contributed by atoms with Crippen LogP contribution in [0.5, 0.6) is 0 Å². The summed E-state index contributed by atoms with van der Waals surface area (Å²) in [6.07, 6.45) is 16.8. The predicted molar refractivity (Wildman–Crippen MR) is 126 cm³/mol. The first-order valence-electron chi connectivity index (χ1n) is 11.1. The first-order valence-corrected chi connectivity index (χ1v) is 11.1. The van der Waals surface area contributed by atoms with Crippen molar-refractivity contribution >= 4 is 5.84 Å². The lowest BCUT2D eigenvalue weighted by atomic mass is 9.91. The van der Waals surface area contributed by atoms with Gasteiger partial charge in [-0.25, -0.2) is 4.39 Å². The van der Waals surface area contributed by atoms with Crippen LogP contribution in [0.4, 0.5) is 4.39 Å². The molecule has 2 fully saturated rings. The maximum atomic E-state index is 13.2. The molecule has 0 bridgehead atoms. The van der Waals surface area contributed by atoms with E-state index in [-0.39, 0.29) is 5.82 Å². The second-order valence-electron chi connectivity index (χ2n) is 8.40. The van der Waals surface area contributed by atoms with Crippen LogP contribution < -0.4 is 11.1 Å². The van der Waals surface area contributed by atoms with Crippen molar-refractivity contribution in [1.82, 2.24) is 10.2 Å². The molecule has 31 heavy (non-hydrogen) atoms. The maximum absolute atomic E-state index is 13.2. The van der Waals surface area contributed by atoms with E-state index in [9.17, 15) is 4.39 Å². The smallest absolute Gasteiger partial charge is 0.127 e. The molecule has 3 N–H and O–H groups in total. The Morgan fingerprint density at radius 1 is 1.23 bits per heavy atom. The van der Waals surface area contributed by atoms with E-state index < -0.39 is 0 Å². The predicted octanol–water partition coefficient (Wildman–Crippen LogP) is 4.91. The van der Waals surface area contributed by atoms with Crippen molar-refractivity contribution in [3.8, 4) is 0 Å². The topological polar surface area (TPSA) is 53.6 Å². The average molecular weight is 419 g/mol. The highest BCUT2D eigenvalue weighted by Crippen LogP contribution is 2.30. The molecule has 1 aliphatic heterocycles. The van der Waals surface area contributed by atoms with Gasteiger partial charge in [0.25, 0.3) is 0 Å². The molecule has 0 radical (unpaired) electrons. The summed E-state index contributed by atoms with van der Waals surface area (Å²) in [5.41, 5.74) is 11.0. The Morgan fingerprint density at radius 2 is 2.00 bits per heavy atom. The summed E-state index contributed by atoms with van der Waals surface area (Å²) in [4.78, 5) is 7.28. The molecule has 3 aliphatic rings. The molecule has 0 atom stereocenters. The number of amidine groups is 1. The molecular weight excluding hydrogens is 387 g/mol. The fraction of sp³-hybridized carbons (Fsp3) is 0.346. The second-order valence-corrected chi connectivity index (χ2v) is 8.40. The van der Waals surface area contributed by atoms with E-state index in [1.807, 2.05) is 18.3 Å². The third-order valence-electron chi connectivity index (χ3n) is 5.94. The van der Waals surface area contributed by atoms with E-state index in [2.05, 4.69) is 47.5 Å². The van der Waals surface area contributed by atoms with Crippen LogP contribution in [0.1, 0.15) is 44.1 Å². The molecular formula is C26H31FN4. The lowest BCUT2D eigenvalue weighted by Crippen LogP contribution is -2.49. The summed E-state index contributed by atoms with van der Waals surface area (Å²) in [5, 5.41) is 3.24. The van der Waals surface area contributed by atoms with Gasteiger partial charge in [0.15, 0.2) is 0 Å². The number of hydrogen-bond acceptors (Lipinski definition) is 3. The van der Waals surface area contributed by atoms with Crippen LogP contribution >= 0.6 is 0 Å². The van der Waals surface area contributed by atoms with Gasteiger partial charge >= 0.3 is 0 Å². The molecule has 4 nitrogen and oxygen atoms in total. The van der Waals surface area contributed by atoms with E-state index in [1.165, 1.54) is 16.7 Å². The van der Waals surface area contributed by atoms with Crippen LogP contribution in [-0.2, 0) is 0 Å². The number of nitrogens with two attached hydrogens (primary N) is 1. The number of nitrogens with one attached hydrogen (secondary N) is 1. The van der Waals surface area contributed by atoms with Gasteiger partial charge in [0.1, 0.15) is 11.7 Å². The van der Waals surface area contributed by atoms with E-state index >= 15 is 0 Å². The monoisotopic (exact) mass is 418 g/mol. The highest BCUT2D eigenvalue weighted by molar-refractivity contribution is 5.98. The molecule has 0 spiro atoms. The molecule has 1 aromatic carbocycles. The van der Waals surface area contributed by atoms with Crippen molar-refractivity contribution in [3.63, 3.8) is 0 Å². The number of rotatable bonds is 7. The van der Waals surface area contributed by atoms with Gasteiger partial charge in [-0.05, 0) is 61.4 Å². The molecule has 0 aromatic heterocycles. The standard InChI is InChI=1S/C26H31FN4/c1-19(16-30-25(28)22-8-9-22)26(29-15-14-20-6-4-2-3-5-7-20)31-17-23(18-31)21-10-12-24(27)13-11-21/h2-4,6-7,10-13,16,23,30H,5,8-9,14-15,17-18,28H2,1H3/b19-16+,29-26?. The van der Waals surface area contributed by atoms with E-state index in [0.717, 1.165) is 62.5 Å². The Balaban J connectivity index is 1.43. The summed E-state index contributed by atoms with van der Waals surface area (Å²) in [5.74, 6) is 2.00. The van der Waals surface area contributed by atoms with Crippen molar-refractivity contribution in [1.29, 1.82) is 0 Å². The fourth-order valence-electron chi connectivity index (χ4n) is 3.86.